The molecular formula is C20H22FNO2. The lowest BCUT2D eigenvalue weighted by atomic mass is 9.91. The molecule has 0 aliphatic carbocycles. The SMILES string of the molecule is Cc1ccc(C(c2ccccc2F)N2CCCC(C(=O)O)C2)cc1. The van der Waals surface area contributed by atoms with Gasteiger partial charge < -0.3 is 5.11 Å². The van der Waals surface area contributed by atoms with Crippen LogP contribution in [-0.4, -0.2) is 29.1 Å². The summed E-state index contributed by atoms with van der Waals surface area (Å²) < 4.78 is 14.5. The molecule has 3 rings (SSSR count). The van der Waals surface area contributed by atoms with Crippen LogP contribution in [-0.2, 0) is 4.79 Å². The number of nitrogens with zero attached hydrogens (tertiary/aromatic N) is 1. The van der Waals surface area contributed by atoms with Gasteiger partial charge in [0.1, 0.15) is 5.82 Å². The van der Waals surface area contributed by atoms with Crippen molar-refractivity contribution in [1.29, 1.82) is 0 Å². The molecule has 1 aliphatic heterocycles. The van der Waals surface area contributed by atoms with Crippen molar-refractivity contribution in [2.24, 2.45) is 5.92 Å². The molecule has 0 bridgehead atoms. The van der Waals surface area contributed by atoms with Gasteiger partial charge in [-0.3, -0.25) is 9.69 Å². The molecule has 0 aromatic heterocycles. The van der Waals surface area contributed by atoms with Gasteiger partial charge in [-0.15, -0.1) is 0 Å². The van der Waals surface area contributed by atoms with Crippen molar-refractivity contribution in [3.8, 4) is 0 Å². The van der Waals surface area contributed by atoms with Crippen LogP contribution in [0.1, 0.15) is 35.6 Å². The summed E-state index contributed by atoms with van der Waals surface area (Å²) in [6.45, 7) is 3.24. The highest BCUT2D eigenvalue weighted by Crippen LogP contribution is 2.34. The average molecular weight is 327 g/mol. The van der Waals surface area contributed by atoms with Gasteiger partial charge in [-0.25, -0.2) is 4.39 Å². The maximum atomic E-state index is 14.5. The van der Waals surface area contributed by atoms with Gasteiger partial charge in [0.25, 0.3) is 0 Å². The van der Waals surface area contributed by atoms with Crippen molar-refractivity contribution in [3.63, 3.8) is 0 Å². The van der Waals surface area contributed by atoms with Crippen molar-refractivity contribution in [2.75, 3.05) is 13.1 Å². The first-order chi connectivity index (χ1) is 11.6. The standard InChI is InChI=1S/C20H22FNO2/c1-14-8-10-15(11-9-14)19(17-6-2-3-7-18(17)21)22-12-4-5-16(13-22)20(23)24/h2-3,6-11,16,19H,4-5,12-13H2,1H3,(H,23,24). The predicted octanol–water partition coefficient (Wildman–Crippen LogP) is 4.02. The highest BCUT2D eigenvalue weighted by Gasteiger charge is 2.32. The molecule has 0 spiro atoms. The van der Waals surface area contributed by atoms with E-state index in [-0.39, 0.29) is 11.9 Å². The molecule has 0 saturated carbocycles. The smallest absolute Gasteiger partial charge is 0.307 e. The number of hydrogen-bond donors (Lipinski definition) is 1. The van der Waals surface area contributed by atoms with Crippen molar-refractivity contribution >= 4 is 5.97 Å². The first-order valence-electron chi connectivity index (χ1n) is 8.34. The number of carbonyl (C=O) groups is 1. The molecule has 3 nitrogen and oxygen atoms in total. The largest absolute Gasteiger partial charge is 0.481 e. The molecule has 4 heteroatoms. The zero-order chi connectivity index (χ0) is 17.1. The molecule has 2 unspecified atom stereocenters. The molecule has 2 atom stereocenters. The van der Waals surface area contributed by atoms with E-state index in [0.29, 0.717) is 18.5 Å². The third kappa shape index (κ3) is 3.49. The van der Waals surface area contributed by atoms with E-state index >= 15 is 0 Å². The molecule has 1 aliphatic rings. The molecule has 0 radical (unpaired) electrons. The maximum Gasteiger partial charge on any atom is 0.307 e. The first-order valence-corrected chi connectivity index (χ1v) is 8.34. The summed E-state index contributed by atoms with van der Waals surface area (Å²) in [6.07, 6.45) is 1.50. The fourth-order valence-electron chi connectivity index (χ4n) is 3.48. The minimum absolute atomic E-state index is 0.250. The molecule has 2 aromatic carbocycles. The Hall–Kier alpha value is -2.20. The molecule has 1 N–H and O–H groups in total. The third-order valence-corrected chi connectivity index (χ3v) is 4.76. The summed E-state index contributed by atoms with van der Waals surface area (Å²) in [5.41, 5.74) is 2.75. The van der Waals surface area contributed by atoms with Crippen LogP contribution < -0.4 is 0 Å². The Balaban J connectivity index is 2.00. The molecule has 1 fully saturated rings. The van der Waals surface area contributed by atoms with Gasteiger partial charge in [0.05, 0.1) is 12.0 Å². The van der Waals surface area contributed by atoms with Crippen molar-refractivity contribution in [3.05, 3.63) is 71.0 Å². The normalized spacial score (nSPS) is 19.8. The fraction of sp³-hybridized carbons (Fsp3) is 0.350. The summed E-state index contributed by atoms with van der Waals surface area (Å²) in [5, 5.41) is 9.37. The average Bonchev–Trinajstić information content (AvgIpc) is 2.59. The highest BCUT2D eigenvalue weighted by molar-refractivity contribution is 5.70. The molecule has 1 saturated heterocycles. The fourth-order valence-corrected chi connectivity index (χ4v) is 3.48. The first kappa shape index (κ1) is 16.7. The predicted molar refractivity (Wildman–Crippen MR) is 91.4 cm³/mol. The van der Waals surface area contributed by atoms with Crippen molar-refractivity contribution in [1.82, 2.24) is 4.90 Å². The number of rotatable bonds is 4. The molecular weight excluding hydrogens is 305 g/mol. The van der Waals surface area contributed by atoms with Gasteiger partial charge >= 0.3 is 5.97 Å². The summed E-state index contributed by atoms with van der Waals surface area (Å²) in [7, 11) is 0. The lowest BCUT2D eigenvalue weighted by Crippen LogP contribution is -2.41. The Morgan fingerprint density at radius 3 is 2.58 bits per heavy atom. The Bertz CT molecular complexity index is 714. The lowest BCUT2D eigenvalue weighted by Gasteiger charge is -2.37. The van der Waals surface area contributed by atoms with Crippen LogP contribution in [0.3, 0.4) is 0 Å². The van der Waals surface area contributed by atoms with Crippen LogP contribution in [0.5, 0.6) is 0 Å². The molecule has 1 heterocycles. The van der Waals surface area contributed by atoms with E-state index < -0.39 is 11.9 Å². The van der Waals surface area contributed by atoms with Crippen LogP contribution in [0.15, 0.2) is 48.5 Å². The van der Waals surface area contributed by atoms with Crippen molar-refractivity contribution < 1.29 is 14.3 Å². The number of carboxylic acid groups (broad SMARTS) is 1. The third-order valence-electron chi connectivity index (χ3n) is 4.76. The number of halogens is 1. The summed E-state index contributed by atoms with van der Waals surface area (Å²) in [4.78, 5) is 13.5. The van der Waals surface area contributed by atoms with Crippen LogP contribution in [0.4, 0.5) is 4.39 Å². The van der Waals surface area contributed by atoms with Gasteiger partial charge in [-0.1, -0.05) is 48.0 Å². The van der Waals surface area contributed by atoms with Gasteiger partial charge in [0, 0.05) is 12.1 Å². The van der Waals surface area contributed by atoms with Gasteiger partial charge in [0.15, 0.2) is 0 Å². The van der Waals surface area contributed by atoms with E-state index in [0.717, 1.165) is 24.1 Å². The van der Waals surface area contributed by atoms with E-state index in [2.05, 4.69) is 4.90 Å². The number of piperidine rings is 1. The minimum atomic E-state index is -0.768. The monoisotopic (exact) mass is 327 g/mol. The van der Waals surface area contributed by atoms with Crippen LogP contribution in [0, 0.1) is 18.7 Å². The van der Waals surface area contributed by atoms with E-state index in [4.69, 9.17) is 0 Å². The zero-order valence-electron chi connectivity index (χ0n) is 13.8. The maximum absolute atomic E-state index is 14.5. The Kier molecular flexibility index (Phi) is 4.95. The van der Waals surface area contributed by atoms with E-state index in [1.165, 1.54) is 6.07 Å². The minimum Gasteiger partial charge on any atom is -0.481 e. The van der Waals surface area contributed by atoms with Crippen LogP contribution in [0.2, 0.25) is 0 Å². The Labute approximate surface area is 141 Å². The van der Waals surface area contributed by atoms with E-state index in [9.17, 15) is 14.3 Å². The quantitative estimate of drug-likeness (QED) is 0.922. The number of carboxylic acids is 1. The van der Waals surface area contributed by atoms with Crippen LogP contribution in [0.25, 0.3) is 0 Å². The number of aryl methyl sites for hydroxylation is 1. The molecule has 2 aromatic rings. The Morgan fingerprint density at radius 2 is 1.92 bits per heavy atom. The molecule has 24 heavy (non-hydrogen) atoms. The van der Waals surface area contributed by atoms with E-state index in [1.807, 2.05) is 37.3 Å². The lowest BCUT2D eigenvalue weighted by molar-refractivity contribution is -0.143. The number of aliphatic carboxylic acids is 1. The van der Waals surface area contributed by atoms with Gasteiger partial charge in [-0.05, 0) is 37.9 Å². The summed E-state index contributed by atoms with van der Waals surface area (Å²) >= 11 is 0. The van der Waals surface area contributed by atoms with Crippen molar-refractivity contribution in [2.45, 2.75) is 25.8 Å². The second-order valence-corrected chi connectivity index (χ2v) is 6.51. The number of benzene rings is 2. The second-order valence-electron chi connectivity index (χ2n) is 6.51. The second kappa shape index (κ2) is 7.14. The zero-order valence-corrected chi connectivity index (χ0v) is 13.8. The van der Waals surface area contributed by atoms with Gasteiger partial charge in [-0.2, -0.15) is 0 Å². The van der Waals surface area contributed by atoms with E-state index in [1.54, 1.807) is 12.1 Å². The summed E-state index contributed by atoms with van der Waals surface area (Å²) in [5.74, 6) is -1.41. The summed E-state index contributed by atoms with van der Waals surface area (Å²) in [6, 6.07) is 14.6. The molecule has 126 valence electrons. The number of hydrogen-bond acceptors (Lipinski definition) is 2. The van der Waals surface area contributed by atoms with Gasteiger partial charge in [0.2, 0.25) is 0 Å². The highest BCUT2D eigenvalue weighted by atomic mass is 19.1. The van der Waals surface area contributed by atoms with Crippen LogP contribution >= 0.6 is 0 Å². The topological polar surface area (TPSA) is 40.5 Å². The number of likely N-dealkylation sites (tertiary alicyclic amines) is 1. The molecule has 0 amide bonds. The Morgan fingerprint density at radius 1 is 1.21 bits per heavy atom.